The number of nitro groups is 1. The number of rotatable bonds is 6. The Morgan fingerprint density at radius 2 is 2.30 bits per heavy atom. The molecule has 1 fully saturated rings. The van der Waals surface area contributed by atoms with Crippen LogP contribution in [0.4, 0.5) is 11.4 Å². The van der Waals surface area contributed by atoms with Gasteiger partial charge in [-0.2, -0.15) is 0 Å². The Bertz CT molecular complexity index is 758. The summed E-state index contributed by atoms with van der Waals surface area (Å²) in [5.74, 6) is -0.126. The molecule has 0 spiro atoms. The lowest BCUT2D eigenvalue weighted by molar-refractivity contribution is -0.385. The number of carbonyl (C=O) groups excluding carboxylic acids is 1. The van der Waals surface area contributed by atoms with Gasteiger partial charge in [0, 0.05) is 6.07 Å². The van der Waals surface area contributed by atoms with Gasteiger partial charge in [-0.05, 0) is 36.3 Å². The highest BCUT2D eigenvalue weighted by atomic mass is 32.2. The van der Waals surface area contributed by atoms with Gasteiger partial charge < -0.3 is 5.32 Å². The highest BCUT2D eigenvalue weighted by Crippen LogP contribution is 2.36. The number of aromatic nitrogens is 4. The zero-order valence-electron chi connectivity index (χ0n) is 12.3. The zero-order valence-corrected chi connectivity index (χ0v) is 13.1. The van der Waals surface area contributed by atoms with Crippen molar-refractivity contribution in [3.8, 4) is 0 Å². The monoisotopic (exact) mass is 334 g/mol. The molecule has 23 heavy (non-hydrogen) atoms. The summed E-state index contributed by atoms with van der Waals surface area (Å²) in [6, 6.07) is 4.93. The fourth-order valence-electron chi connectivity index (χ4n) is 2.10. The highest BCUT2D eigenvalue weighted by Gasteiger charge is 2.28. The molecule has 0 bridgehead atoms. The topological polar surface area (TPSA) is 116 Å². The van der Waals surface area contributed by atoms with Crippen LogP contribution in [0.1, 0.15) is 24.4 Å². The van der Waals surface area contributed by atoms with Crippen LogP contribution in [0.15, 0.2) is 23.4 Å². The van der Waals surface area contributed by atoms with Crippen LogP contribution in [0, 0.1) is 17.0 Å². The SMILES string of the molecule is Cc1c(NC(=O)CSc2nnnn2C2CC2)cccc1[N+](=O)[O-]. The third-order valence-corrected chi connectivity index (χ3v) is 4.40. The molecule has 1 aliphatic rings. The molecule has 0 saturated heterocycles. The maximum Gasteiger partial charge on any atom is 0.274 e. The van der Waals surface area contributed by atoms with Crippen molar-refractivity contribution in [3.05, 3.63) is 33.9 Å². The molecule has 0 radical (unpaired) electrons. The number of nitrogens with one attached hydrogen (secondary N) is 1. The second-order valence-corrected chi connectivity index (χ2v) is 6.12. The van der Waals surface area contributed by atoms with Crippen LogP contribution in [-0.4, -0.2) is 36.8 Å². The Balaban J connectivity index is 1.62. The molecule has 0 aliphatic heterocycles. The van der Waals surface area contributed by atoms with E-state index in [4.69, 9.17) is 0 Å². The molecule has 1 aliphatic carbocycles. The normalized spacial score (nSPS) is 13.8. The summed E-state index contributed by atoms with van der Waals surface area (Å²) >= 11 is 1.25. The van der Waals surface area contributed by atoms with Gasteiger partial charge in [0.05, 0.1) is 28.0 Å². The van der Waals surface area contributed by atoms with E-state index in [0.717, 1.165) is 12.8 Å². The number of hydrogen-bond acceptors (Lipinski definition) is 7. The van der Waals surface area contributed by atoms with Crippen molar-refractivity contribution in [3.63, 3.8) is 0 Å². The molecule has 2 aromatic rings. The molecule has 0 unspecified atom stereocenters. The standard InChI is InChI=1S/C13H14N6O3S/c1-8-10(3-2-4-11(8)19(21)22)14-12(20)7-23-13-15-16-17-18(13)9-5-6-9/h2-4,9H,5-7H2,1H3,(H,14,20). The van der Waals surface area contributed by atoms with Crippen LogP contribution >= 0.6 is 11.8 Å². The summed E-state index contributed by atoms with van der Waals surface area (Å²) in [7, 11) is 0. The van der Waals surface area contributed by atoms with Gasteiger partial charge in [0.2, 0.25) is 11.1 Å². The molecule has 3 rings (SSSR count). The van der Waals surface area contributed by atoms with Gasteiger partial charge in [-0.25, -0.2) is 4.68 Å². The van der Waals surface area contributed by atoms with Gasteiger partial charge in [-0.15, -0.1) is 5.10 Å². The number of carbonyl (C=O) groups is 1. The van der Waals surface area contributed by atoms with Gasteiger partial charge in [-0.3, -0.25) is 14.9 Å². The quantitative estimate of drug-likeness (QED) is 0.487. The predicted molar refractivity (Wildman–Crippen MR) is 83.3 cm³/mol. The average Bonchev–Trinajstić information content (AvgIpc) is 3.25. The number of nitrogens with zero attached hydrogens (tertiary/aromatic N) is 5. The summed E-state index contributed by atoms with van der Waals surface area (Å²) in [6.45, 7) is 1.61. The minimum Gasteiger partial charge on any atom is -0.325 e. The fourth-order valence-corrected chi connectivity index (χ4v) is 2.85. The smallest absolute Gasteiger partial charge is 0.274 e. The van der Waals surface area contributed by atoms with Crippen LogP contribution in [0.5, 0.6) is 0 Å². The van der Waals surface area contributed by atoms with Gasteiger partial charge in [-0.1, -0.05) is 17.8 Å². The van der Waals surface area contributed by atoms with E-state index in [-0.39, 0.29) is 17.3 Å². The van der Waals surface area contributed by atoms with Crippen LogP contribution in [0.25, 0.3) is 0 Å². The fraction of sp³-hybridized carbons (Fsp3) is 0.385. The van der Waals surface area contributed by atoms with Gasteiger partial charge in [0.1, 0.15) is 0 Å². The Morgan fingerprint density at radius 1 is 1.52 bits per heavy atom. The minimum absolute atomic E-state index is 0.0203. The van der Waals surface area contributed by atoms with Crippen LogP contribution in [-0.2, 0) is 4.79 Å². The Kier molecular flexibility index (Phi) is 4.24. The van der Waals surface area contributed by atoms with E-state index in [2.05, 4.69) is 20.8 Å². The van der Waals surface area contributed by atoms with Crippen molar-refractivity contribution < 1.29 is 9.72 Å². The molecule has 1 aromatic heterocycles. The van der Waals surface area contributed by atoms with E-state index >= 15 is 0 Å². The molecular weight excluding hydrogens is 320 g/mol. The maximum absolute atomic E-state index is 12.1. The Morgan fingerprint density at radius 3 is 3.00 bits per heavy atom. The molecule has 10 heteroatoms. The minimum atomic E-state index is -0.469. The van der Waals surface area contributed by atoms with Gasteiger partial charge in [0.15, 0.2) is 0 Å². The number of tetrazole rings is 1. The third kappa shape index (κ3) is 3.47. The average molecular weight is 334 g/mol. The van der Waals surface area contributed by atoms with E-state index in [1.54, 1.807) is 23.7 Å². The Labute approximate surface area is 135 Å². The molecule has 120 valence electrons. The number of thioether (sulfide) groups is 1. The molecule has 1 saturated carbocycles. The molecule has 1 aromatic carbocycles. The van der Waals surface area contributed by atoms with Crippen molar-refractivity contribution >= 4 is 29.0 Å². The summed E-state index contributed by atoms with van der Waals surface area (Å²) in [6.07, 6.45) is 2.11. The van der Waals surface area contributed by atoms with Crippen molar-refractivity contribution in [1.82, 2.24) is 20.2 Å². The predicted octanol–water partition coefficient (Wildman–Crippen LogP) is 1.96. The van der Waals surface area contributed by atoms with Crippen molar-refractivity contribution in [2.24, 2.45) is 0 Å². The number of benzene rings is 1. The third-order valence-electron chi connectivity index (χ3n) is 3.46. The van der Waals surface area contributed by atoms with Crippen molar-refractivity contribution in [2.45, 2.75) is 31.0 Å². The first kappa shape index (κ1) is 15.4. The number of hydrogen-bond donors (Lipinski definition) is 1. The number of nitro benzene ring substituents is 1. The highest BCUT2D eigenvalue weighted by molar-refractivity contribution is 7.99. The molecule has 1 N–H and O–H groups in total. The number of amides is 1. The first-order chi connectivity index (χ1) is 11.1. The second kappa shape index (κ2) is 6.32. The molecule has 1 heterocycles. The first-order valence-corrected chi connectivity index (χ1v) is 7.99. The van der Waals surface area contributed by atoms with E-state index < -0.39 is 4.92 Å². The van der Waals surface area contributed by atoms with Crippen molar-refractivity contribution in [1.29, 1.82) is 0 Å². The van der Waals surface area contributed by atoms with Gasteiger partial charge >= 0.3 is 0 Å². The maximum atomic E-state index is 12.1. The van der Waals surface area contributed by atoms with Crippen molar-refractivity contribution in [2.75, 3.05) is 11.1 Å². The lowest BCUT2D eigenvalue weighted by Crippen LogP contribution is -2.15. The van der Waals surface area contributed by atoms with E-state index in [1.165, 1.54) is 17.8 Å². The first-order valence-electron chi connectivity index (χ1n) is 7.01. The van der Waals surface area contributed by atoms with E-state index in [9.17, 15) is 14.9 Å². The summed E-state index contributed by atoms with van der Waals surface area (Å²) in [4.78, 5) is 22.5. The molecule has 0 atom stereocenters. The second-order valence-electron chi connectivity index (χ2n) is 5.18. The largest absolute Gasteiger partial charge is 0.325 e. The van der Waals surface area contributed by atoms with E-state index in [1.807, 2.05) is 0 Å². The number of anilines is 1. The lowest BCUT2D eigenvalue weighted by atomic mass is 10.1. The van der Waals surface area contributed by atoms with Crippen LogP contribution < -0.4 is 5.32 Å². The summed E-state index contributed by atoms with van der Waals surface area (Å²) in [5, 5.41) is 25.7. The summed E-state index contributed by atoms with van der Waals surface area (Å²) in [5.41, 5.74) is 0.846. The van der Waals surface area contributed by atoms with Crippen LogP contribution in [0.3, 0.4) is 0 Å². The molecule has 1 amide bonds. The lowest BCUT2D eigenvalue weighted by Gasteiger charge is -2.08. The van der Waals surface area contributed by atoms with E-state index in [0.29, 0.717) is 22.4 Å². The van der Waals surface area contributed by atoms with Gasteiger partial charge in [0.25, 0.3) is 5.69 Å². The molecule has 9 nitrogen and oxygen atoms in total. The Hall–Kier alpha value is -2.49. The van der Waals surface area contributed by atoms with Crippen LogP contribution in [0.2, 0.25) is 0 Å². The summed E-state index contributed by atoms with van der Waals surface area (Å²) < 4.78 is 1.73. The zero-order chi connectivity index (χ0) is 16.4. The molecular formula is C13H14N6O3S.